The van der Waals surface area contributed by atoms with E-state index < -0.39 is 0 Å². The van der Waals surface area contributed by atoms with Gasteiger partial charge in [-0.1, -0.05) is 25.7 Å². The second-order valence-electron chi connectivity index (χ2n) is 6.22. The molecule has 1 amide bonds. The number of rotatable bonds is 5. The minimum absolute atomic E-state index is 0.00289. The highest BCUT2D eigenvalue weighted by Crippen LogP contribution is 2.29. The number of hydrogen-bond donors (Lipinski definition) is 0. The molecule has 2 heterocycles. The Kier molecular flexibility index (Phi) is 4.57. The Bertz CT molecular complexity index is 570. The van der Waals surface area contributed by atoms with Crippen molar-refractivity contribution < 1.29 is 9.53 Å². The Hall–Kier alpha value is -2.09. The van der Waals surface area contributed by atoms with E-state index in [0.717, 1.165) is 12.3 Å². The van der Waals surface area contributed by atoms with Gasteiger partial charge in [0.15, 0.2) is 0 Å². The summed E-state index contributed by atoms with van der Waals surface area (Å²) in [6.07, 6.45) is 8.50. The standard InChI is InChI=1S/C17H21N3O2/c18-10-14-7-8-19-16(9-14)22-15-11-20(12-15)17(21)6-5-13-3-1-2-4-13/h7-9,13,15H,1-6,11-12H2. The van der Waals surface area contributed by atoms with Gasteiger partial charge in [-0.25, -0.2) is 4.98 Å². The number of hydrogen-bond acceptors (Lipinski definition) is 4. The number of carbonyl (C=O) groups excluding carboxylic acids is 1. The molecule has 0 spiro atoms. The number of aromatic nitrogens is 1. The number of likely N-dealkylation sites (tertiary alicyclic amines) is 1. The highest BCUT2D eigenvalue weighted by Gasteiger charge is 2.32. The average molecular weight is 299 g/mol. The molecule has 5 heteroatoms. The topological polar surface area (TPSA) is 66.2 Å². The molecular weight excluding hydrogens is 278 g/mol. The average Bonchev–Trinajstić information content (AvgIpc) is 3.01. The first kappa shape index (κ1) is 14.8. The predicted molar refractivity (Wildman–Crippen MR) is 81.1 cm³/mol. The van der Waals surface area contributed by atoms with E-state index in [0.29, 0.717) is 31.0 Å². The Morgan fingerprint density at radius 3 is 2.91 bits per heavy atom. The lowest BCUT2D eigenvalue weighted by Gasteiger charge is -2.38. The third-order valence-corrected chi connectivity index (χ3v) is 4.59. The van der Waals surface area contributed by atoms with Crippen molar-refractivity contribution in [2.24, 2.45) is 5.92 Å². The van der Waals surface area contributed by atoms with E-state index in [-0.39, 0.29) is 12.0 Å². The molecular formula is C17H21N3O2. The molecule has 0 unspecified atom stereocenters. The zero-order valence-corrected chi connectivity index (χ0v) is 12.7. The van der Waals surface area contributed by atoms with E-state index >= 15 is 0 Å². The van der Waals surface area contributed by atoms with E-state index in [1.165, 1.54) is 25.7 Å². The molecule has 1 aliphatic carbocycles. The van der Waals surface area contributed by atoms with Crippen LogP contribution in [0.25, 0.3) is 0 Å². The summed E-state index contributed by atoms with van der Waals surface area (Å²) in [7, 11) is 0. The van der Waals surface area contributed by atoms with Gasteiger partial charge in [-0.15, -0.1) is 0 Å². The van der Waals surface area contributed by atoms with Gasteiger partial charge in [-0.3, -0.25) is 4.79 Å². The van der Waals surface area contributed by atoms with Crippen molar-refractivity contribution in [3.8, 4) is 11.9 Å². The monoisotopic (exact) mass is 299 g/mol. The molecule has 1 aromatic heterocycles. The fraction of sp³-hybridized carbons (Fsp3) is 0.588. The molecule has 22 heavy (non-hydrogen) atoms. The smallest absolute Gasteiger partial charge is 0.222 e. The maximum Gasteiger partial charge on any atom is 0.222 e. The van der Waals surface area contributed by atoms with E-state index in [4.69, 9.17) is 10.00 Å². The number of nitrogens with zero attached hydrogens (tertiary/aromatic N) is 3. The molecule has 0 atom stereocenters. The lowest BCUT2D eigenvalue weighted by atomic mass is 10.0. The zero-order valence-electron chi connectivity index (χ0n) is 12.7. The molecule has 1 aromatic rings. The van der Waals surface area contributed by atoms with Gasteiger partial charge in [0, 0.05) is 18.7 Å². The third kappa shape index (κ3) is 3.56. The molecule has 2 fully saturated rings. The molecule has 1 saturated heterocycles. The Labute approximate surface area is 130 Å². The van der Waals surface area contributed by atoms with E-state index in [2.05, 4.69) is 11.1 Å². The molecule has 1 saturated carbocycles. The molecule has 116 valence electrons. The van der Waals surface area contributed by atoms with Crippen LogP contribution in [0.1, 0.15) is 44.1 Å². The van der Waals surface area contributed by atoms with Crippen LogP contribution in [0.3, 0.4) is 0 Å². The van der Waals surface area contributed by atoms with E-state index in [1.807, 2.05) is 4.90 Å². The van der Waals surface area contributed by atoms with Crippen LogP contribution >= 0.6 is 0 Å². The van der Waals surface area contributed by atoms with Gasteiger partial charge in [0.05, 0.1) is 24.7 Å². The fourth-order valence-corrected chi connectivity index (χ4v) is 3.22. The van der Waals surface area contributed by atoms with Gasteiger partial charge in [-0.2, -0.15) is 5.26 Å². The van der Waals surface area contributed by atoms with Gasteiger partial charge in [0.1, 0.15) is 6.10 Å². The van der Waals surface area contributed by atoms with Gasteiger partial charge < -0.3 is 9.64 Å². The van der Waals surface area contributed by atoms with Crippen molar-refractivity contribution in [1.82, 2.24) is 9.88 Å². The maximum absolute atomic E-state index is 12.1. The van der Waals surface area contributed by atoms with Crippen molar-refractivity contribution in [2.45, 2.75) is 44.6 Å². The largest absolute Gasteiger partial charge is 0.471 e. The van der Waals surface area contributed by atoms with E-state index in [9.17, 15) is 4.79 Å². The molecule has 3 rings (SSSR count). The van der Waals surface area contributed by atoms with Gasteiger partial charge >= 0.3 is 0 Å². The predicted octanol–water partition coefficient (Wildman–Crippen LogP) is 2.51. The number of pyridine rings is 1. The van der Waals surface area contributed by atoms with Crippen LogP contribution in [0, 0.1) is 17.2 Å². The van der Waals surface area contributed by atoms with Crippen molar-refractivity contribution >= 4 is 5.91 Å². The first-order valence-corrected chi connectivity index (χ1v) is 8.05. The van der Waals surface area contributed by atoms with Crippen LogP contribution in [-0.2, 0) is 4.79 Å². The van der Waals surface area contributed by atoms with Crippen molar-refractivity contribution in [1.29, 1.82) is 5.26 Å². The van der Waals surface area contributed by atoms with Crippen LogP contribution in [0.15, 0.2) is 18.3 Å². The van der Waals surface area contributed by atoms with Crippen molar-refractivity contribution in [2.75, 3.05) is 13.1 Å². The number of amides is 1. The van der Waals surface area contributed by atoms with Crippen LogP contribution < -0.4 is 4.74 Å². The molecule has 0 radical (unpaired) electrons. The molecule has 5 nitrogen and oxygen atoms in total. The van der Waals surface area contributed by atoms with E-state index in [1.54, 1.807) is 18.3 Å². The molecule has 0 N–H and O–H groups in total. The van der Waals surface area contributed by atoms with Crippen LogP contribution in [0.2, 0.25) is 0 Å². The molecule has 0 aromatic carbocycles. The molecule has 0 bridgehead atoms. The van der Waals surface area contributed by atoms with Gasteiger partial charge in [0.25, 0.3) is 0 Å². The second-order valence-corrected chi connectivity index (χ2v) is 6.22. The van der Waals surface area contributed by atoms with Crippen molar-refractivity contribution in [3.63, 3.8) is 0 Å². The second kappa shape index (κ2) is 6.78. The Balaban J connectivity index is 1.39. The summed E-state index contributed by atoms with van der Waals surface area (Å²) in [6.45, 7) is 1.25. The summed E-state index contributed by atoms with van der Waals surface area (Å²) in [5.74, 6) is 1.46. The maximum atomic E-state index is 12.1. The third-order valence-electron chi connectivity index (χ3n) is 4.59. The van der Waals surface area contributed by atoms with Gasteiger partial charge in [0.2, 0.25) is 11.8 Å². The SMILES string of the molecule is N#Cc1ccnc(OC2CN(C(=O)CCC3CCCC3)C2)c1. The zero-order chi connectivity index (χ0) is 15.4. The van der Waals surface area contributed by atoms with Gasteiger partial charge in [-0.05, 0) is 18.4 Å². The lowest BCUT2D eigenvalue weighted by Crippen LogP contribution is -2.56. The van der Waals surface area contributed by atoms with Crippen molar-refractivity contribution in [3.05, 3.63) is 23.9 Å². The normalized spacial score (nSPS) is 18.8. The minimum Gasteiger partial charge on any atom is -0.471 e. The summed E-state index contributed by atoms with van der Waals surface area (Å²) in [5, 5.41) is 8.84. The summed E-state index contributed by atoms with van der Waals surface area (Å²) in [4.78, 5) is 18.0. The lowest BCUT2D eigenvalue weighted by molar-refractivity contribution is -0.140. The summed E-state index contributed by atoms with van der Waals surface area (Å²) >= 11 is 0. The summed E-state index contributed by atoms with van der Waals surface area (Å²) in [6, 6.07) is 5.34. The van der Waals surface area contributed by atoms with Crippen LogP contribution in [-0.4, -0.2) is 35.0 Å². The highest BCUT2D eigenvalue weighted by molar-refractivity contribution is 5.77. The Morgan fingerprint density at radius 1 is 1.41 bits per heavy atom. The molecule has 2 aliphatic rings. The highest BCUT2D eigenvalue weighted by atomic mass is 16.5. The Morgan fingerprint density at radius 2 is 2.18 bits per heavy atom. The summed E-state index contributed by atoms with van der Waals surface area (Å²) < 4.78 is 5.70. The quantitative estimate of drug-likeness (QED) is 0.838. The van der Waals surface area contributed by atoms with Crippen LogP contribution in [0.5, 0.6) is 5.88 Å². The number of ether oxygens (including phenoxy) is 1. The molecule has 1 aliphatic heterocycles. The fourth-order valence-electron chi connectivity index (χ4n) is 3.22. The number of nitriles is 1. The number of carbonyl (C=O) groups is 1. The summed E-state index contributed by atoms with van der Waals surface area (Å²) in [5.41, 5.74) is 0.536. The first-order chi connectivity index (χ1) is 10.7. The van der Waals surface area contributed by atoms with Crippen LogP contribution in [0.4, 0.5) is 0 Å². The minimum atomic E-state index is -0.00289. The first-order valence-electron chi connectivity index (χ1n) is 8.05.